The molecule has 1 N–H and O–H groups in total. The number of hydrogen-bond acceptors (Lipinski definition) is 5. The summed E-state index contributed by atoms with van der Waals surface area (Å²) >= 11 is 0. The lowest BCUT2D eigenvalue weighted by Gasteiger charge is -2.32. The van der Waals surface area contributed by atoms with Gasteiger partial charge in [-0.1, -0.05) is 13.3 Å². The molecular formula is C15H30N6. The maximum atomic E-state index is 4.23. The van der Waals surface area contributed by atoms with Gasteiger partial charge in [-0.05, 0) is 62.5 Å². The molecule has 1 aliphatic rings. The van der Waals surface area contributed by atoms with Gasteiger partial charge in [0.05, 0.1) is 6.54 Å². The van der Waals surface area contributed by atoms with Crippen molar-refractivity contribution in [2.24, 2.45) is 5.92 Å². The van der Waals surface area contributed by atoms with Gasteiger partial charge >= 0.3 is 0 Å². The van der Waals surface area contributed by atoms with Gasteiger partial charge in [0, 0.05) is 19.1 Å². The molecule has 0 spiro atoms. The second-order valence-electron chi connectivity index (χ2n) is 6.39. The van der Waals surface area contributed by atoms with Crippen LogP contribution in [0.25, 0.3) is 0 Å². The van der Waals surface area contributed by atoms with Crippen LogP contribution in [0.4, 0.5) is 0 Å². The van der Waals surface area contributed by atoms with Crippen molar-refractivity contribution in [2.45, 2.75) is 65.6 Å². The summed E-state index contributed by atoms with van der Waals surface area (Å²) in [7, 11) is 0. The monoisotopic (exact) mass is 294 g/mol. The number of nitrogens with one attached hydrogen (secondary N) is 1. The molecule has 0 amide bonds. The zero-order valence-electron chi connectivity index (χ0n) is 13.8. The molecule has 0 unspecified atom stereocenters. The van der Waals surface area contributed by atoms with Gasteiger partial charge in [0.15, 0.2) is 5.82 Å². The van der Waals surface area contributed by atoms with Gasteiger partial charge in [0.2, 0.25) is 0 Å². The van der Waals surface area contributed by atoms with Crippen molar-refractivity contribution >= 4 is 0 Å². The normalized spacial score (nSPS) is 17.0. The first kappa shape index (κ1) is 16.4. The molecule has 1 aliphatic heterocycles. The van der Waals surface area contributed by atoms with Crippen LogP contribution in [0.3, 0.4) is 0 Å². The average Bonchev–Trinajstić information content (AvgIpc) is 2.92. The van der Waals surface area contributed by atoms with Crippen LogP contribution in [0.5, 0.6) is 0 Å². The van der Waals surface area contributed by atoms with Gasteiger partial charge in [0.25, 0.3) is 0 Å². The fraction of sp³-hybridized carbons (Fsp3) is 0.933. The van der Waals surface area contributed by atoms with Crippen molar-refractivity contribution < 1.29 is 0 Å². The minimum atomic E-state index is 0.524. The second kappa shape index (κ2) is 8.44. The zero-order valence-corrected chi connectivity index (χ0v) is 13.8. The van der Waals surface area contributed by atoms with Gasteiger partial charge in [-0.3, -0.25) is 4.90 Å². The first-order valence-electron chi connectivity index (χ1n) is 8.40. The fourth-order valence-corrected chi connectivity index (χ4v) is 2.85. The maximum absolute atomic E-state index is 4.23. The molecule has 1 fully saturated rings. The van der Waals surface area contributed by atoms with E-state index in [1.54, 1.807) is 0 Å². The van der Waals surface area contributed by atoms with Crippen LogP contribution in [0.2, 0.25) is 0 Å². The molecule has 1 aromatic heterocycles. The van der Waals surface area contributed by atoms with E-state index in [1.165, 1.54) is 19.3 Å². The van der Waals surface area contributed by atoms with E-state index in [0.717, 1.165) is 50.9 Å². The van der Waals surface area contributed by atoms with Crippen LogP contribution in [0, 0.1) is 5.92 Å². The predicted molar refractivity (Wildman–Crippen MR) is 83.9 cm³/mol. The standard InChI is InChI=1S/C15H30N6/c1-4-5-10-21-15(17-18-19-21)12-20(13(2)3)11-14-6-8-16-9-7-14/h13-14,16H,4-12H2,1-3H3. The Hall–Kier alpha value is -1.01. The number of aromatic nitrogens is 4. The van der Waals surface area contributed by atoms with Crippen LogP contribution >= 0.6 is 0 Å². The third-order valence-electron chi connectivity index (χ3n) is 4.36. The van der Waals surface area contributed by atoms with Crippen LogP contribution in [-0.2, 0) is 13.1 Å². The minimum Gasteiger partial charge on any atom is -0.317 e. The topological polar surface area (TPSA) is 58.9 Å². The summed E-state index contributed by atoms with van der Waals surface area (Å²) in [6.45, 7) is 12.0. The molecule has 6 heteroatoms. The van der Waals surface area contributed by atoms with E-state index in [1.807, 2.05) is 4.68 Å². The van der Waals surface area contributed by atoms with E-state index in [2.05, 4.69) is 46.5 Å². The highest BCUT2D eigenvalue weighted by Gasteiger charge is 2.21. The predicted octanol–water partition coefficient (Wildman–Crippen LogP) is 1.68. The minimum absolute atomic E-state index is 0.524. The van der Waals surface area contributed by atoms with Crippen molar-refractivity contribution in [1.29, 1.82) is 0 Å². The van der Waals surface area contributed by atoms with Gasteiger partial charge in [0.1, 0.15) is 0 Å². The molecule has 0 radical (unpaired) electrons. The molecule has 1 aromatic rings. The number of aryl methyl sites for hydroxylation is 1. The SMILES string of the molecule is CCCCn1nnnc1CN(CC1CCNCC1)C(C)C. The van der Waals surface area contributed by atoms with Crippen LogP contribution in [0.15, 0.2) is 0 Å². The molecule has 0 bridgehead atoms. The van der Waals surface area contributed by atoms with Crippen molar-refractivity contribution in [3.05, 3.63) is 5.82 Å². The highest BCUT2D eigenvalue weighted by atomic mass is 15.5. The van der Waals surface area contributed by atoms with Gasteiger partial charge in [-0.25, -0.2) is 4.68 Å². The molecule has 6 nitrogen and oxygen atoms in total. The Morgan fingerprint density at radius 1 is 1.33 bits per heavy atom. The molecule has 0 atom stereocenters. The molecule has 2 heterocycles. The highest BCUT2D eigenvalue weighted by molar-refractivity contribution is 4.84. The molecule has 120 valence electrons. The Morgan fingerprint density at radius 2 is 2.10 bits per heavy atom. The van der Waals surface area contributed by atoms with Crippen LogP contribution in [0.1, 0.15) is 52.3 Å². The first-order chi connectivity index (χ1) is 10.2. The Morgan fingerprint density at radius 3 is 2.76 bits per heavy atom. The molecule has 0 saturated carbocycles. The summed E-state index contributed by atoms with van der Waals surface area (Å²) in [6.07, 6.45) is 4.87. The Bertz CT molecular complexity index is 397. The number of nitrogens with zero attached hydrogens (tertiary/aromatic N) is 5. The van der Waals surface area contributed by atoms with Crippen molar-refractivity contribution in [1.82, 2.24) is 30.4 Å². The van der Waals surface area contributed by atoms with Crippen molar-refractivity contribution in [3.63, 3.8) is 0 Å². The number of unbranched alkanes of at least 4 members (excludes halogenated alkanes) is 1. The Kier molecular flexibility index (Phi) is 6.57. The fourth-order valence-electron chi connectivity index (χ4n) is 2.85. The van der Waals surface area contributed by atoms with E-state index in [0.29, 0.717) is 6.04 Å². The largest absolute Gasteiger partial charge is 0.317 e. The Balaban J connectivity index is 1.94. The lowest BCUT2D eigenvalue weighted by molar-refractivity contribution is 0.155. The zero-order chi connectivity index (χ0) is 15.1. The van der Waals surface area contributed by atoms with E-state index < -0.39 is 0 Å². The first-order valence-corrected chi connectivity index (χ1v) is 8.40. The highest BCUT2D eigenvalue weighted by Crippen LogP contribution is 2.16. The number of tetrazole rings is 1. The van der Waals surface area contributed by atoms with Crippen molar-refractivity contribution in [3.8, 4) is 0 Å². The van der Waals surface area contributed by atoms with E-state index in [9.17, 15) is 0 Å². The smallest absolute Gasteiger partial charge is 0.165 e. The van der Waals surface area contributed by atoms with E-state index >= 15 is 0 Å². The van der Waals surface area contributed by atoms with Crippen LogP contribution in [-0.4, -0.2) is 50.8 Å². The molecule has 2 rings (SSSR count). The lowest BCUT2D eigenvalue weighted by Crippen LogP contribution is -2.39. The number of piperidine rings is 1. The molecule has 0 aliphatic carbocycles. The number of hydrogen-bond donors (Lipinski definition) is 1. The summed E-state index contributed by atoms with van der Waals surface area (Å²) in [5.74, 6) is 1.81. The quantitative estimate of drug-likeness (QED) is 0.790. The summed E-state index contributed by atoms with van der Waals surface area (Å²) in [5.41, 5.74) is 0. The van der Waals surface area contributed by atoms with Crippen LogP contribution < -0.4 is 5.32 Å². The van der Waals surface area contributed by atoms with E-state index in [4.69, 9.17) is 0 Å². The summed E-state index contributed by atoms with van der Waals surface area (Å²) in [6, 6.07) is 0.524. The summed E-state index contributed by atoms with van der Waals surface area (Å²) in [5, 5.41) is 15.7. The third kappa shape index (κ3) is 5.04. The molecule has 0 aromatic carbocycles. The van der Waals surface area contributed by atoms with E-state index in [-0.39, 0.29) is 0 Å². The number of rotatable bonds is 8. The molecule has 21 heavy (non-hydrogen) atoms. The van der Waals surface area contributed by atoms with Gasteiger partial charge in [-0.2, -0.15) is 0 Å². The van der Waals surface area contributed by atoms with Gasteiger partial charge in [-0.15, -0.1) is 5.10 Å². The molecule has 1 saturated heterocycles. The lowest BCUT2D eigenvalue weighted by atomic mass is 9.97. The van der Waals surface area contributed by atoms with Gasteiger partial charge < -0.3 is 5.32 Å². The molecular weight excluding hydrogens is 264 g/mol. The third-order valence-corrected chi connectivity index (χ3v) is 4.36. The second-order valence-corrected chi connectivity index (χ2v) is 6.39. The van der Waals surface area contributed by atoms with Crippen molar-refractivity contribution in [2.75, 3.05) is 19.6 Å². The summed E-state index contributed by atoms with van der Waals surface area (Å²) in [4.78, 5) is 2.52. The maximum Gasteiger partial charge on any atom is 0.165 e. The Labute approximate surface area is 128 Å². The average molecular weight is 294 g/mol. The summed E-state index contributed by atoms with van der Waals surface area (Å²) < 4.78 is 1.97.